The third-order valence-corrected chi connectivity index (χ3v) is 7.20. The zero-order chi connectivity index (χ0) is 22.0. The molecule has 0 aliphatic carbocycles. The zero-order valence-corrected chi connectivity index (χ0v) is 17.9. The van der Waals surface area contributed by atoms with E-state index in [-0.39, 0.29) is 30.4 Å². The summed E-state index contributed by atoms with van der Waals surface area (Å²) in [7, 11) is -3.76. The van der Waals surface area contributed by atoms with E-state index in [1.54, 1.807) is 13.0 Å². The number of hydrogen-bond acceptors (Lipinski definition) is 6. The van der Waals surface area contributed by atoms with Crippen LogP contribution in [0.2, 0.25) is 0 Å². The molecule has 1 aliphatic rings. The minimum absolute atomic E-state index is 0.0497. The van der Waals surface area contributed by atoms with Crippen LogP contribution < -0.4 is 0 Å². The number of piperazine rings is 1. The summed E-state index contributed by atoms with van der Waals surface area (Å²) in [6.07, 6.45) is 0. The second kappa shape index (κ2) is 8.78. The molecule has 0 radical (unpaired) electrons. The fourth-order valence-electron chi connectivity index (χ4n) is 3.75. The van der Waals surface area contributed by atoms with E-state index in [0.717, 1.165) is 17.0 Å². The smallest absolute Gasteiger partial charge is 0.374 e. The number of carbonyl (C=O) groups excluding carboxylic acids is 1. The molecule has 1 aliphatic heterocycles. The molecular weight excluding hydrogens is 423 g/mol. The van der Waals surface area contributed by atoms with Crippen LogP contribution in [0.4, 0.5) is 4.39 Å². The highest BCUT2D eigenvalue weighted by Gasteiger charge is 2.30. The summed E-state index contributed by atoms with van der Waals surface area (Å²) < 4.78 is 51.4. The van der Waals surface area contributed by atoms with E-state index in [1.165, 1.54) is 22.5 Å². The van der Waals surface area contributed by atoms with Gasteiger partial charge in [-0.05, 0) is 31.2 Å². The van der Waals surface area contributed by atoms with Gasteiger partial charge in [-0.25, -0.2) is 17.6 Å². The molecule has 2 heterocycles. The molecule has 0 atom stereocenters. The standard InChI is InChI=1S/C22H23FN2O5S/c1-2-29-22(26)21-19(18-8-3-4-9-20(18)30-21)15-24-10-12-25(13-11-24)31(27,28)17-7-5-6-16(23)14-17/h3-9,14H,2,10-13,15H2,1H3. The molecule has 0 amide bonds. The molecular formula is C22H23FN2O5S. The van der Waals surface area contributed by atoms with E-state index in [0.29, 0.717) is 25.2 Å². The summed E-state index contributed by atoms with van der Waals surface area (Å²) in [6.45, 7) is 3.88. The van der Waals surface area contributed by atoms with E-state index in [4.69, 9.17) is 9.15 Å². The normalized spacial score (nSPS) is 15.9. The number of carbonyl (C=O) groups is 1. The first-order valence-corrected chi connectivity index (χ1v) is 11.5. The molecule has 31 heavy (non-hydrogen) atoms. The van der Waals surface area contributed by atoms with E-state index in [1.807, 2.05) is 18.2 Å². The van der Waals surface area contributed by atoms with Crippen LogP contribution in [0.3, 0.4) is 0 Å². The number of halogens is 1. The monoisotopic (exact) mass is 446 g/mol. The van der Waals surface area contributed by atoms with Gasteiger partial charge in [-0.15, -0.1) is 0 Å². The van der Waals surface area contributed by atoms with Crippen molar-refractivity contribution in [2.75, 3.05) is 32.8 Å². The van der Waals surface area contributed by atoms with Gasteiger partial charge in [0.15, 0.2) is 0 Å². The van der Waals surface area contributed by atoms with Gasteiger partial charge in [0.05, 0.1) is 11.5 Å². The largest absolute Gasteiger partial charge is 0.460 e. The molecule has 0 unspecified atom stereocenters. The van der Waals surface area contributed by atoms with Crippen LogP contribution in [0.25, 0.3) is 11.0 Å². The van der Waals surface area contributed by atoms with Crippen molar-refractivity contribution in [3.63, 3.8) is 0 Å². The van der Waals surface area contributed by atoms with Gasteiger partial charge in [0.25, 0.3) is 0 Å². The second-order valence-corrected chi connectivity index (χ2v) is 9.20. The third-order valence-electron chi connectivity index (χ3n) is 5.31. The Morgan fingerprint density at radius 1 is 1.10 bits per heavy atom. The summed E-state index contributed by atoms with van der Waals surface area (Å²) >= 11 is 0. The number of furan rings is 1. The lowest BCUT2D eigenvalue weighted by Gasteiger charge is -2.33. The van der Waals surface area contributed by atoms with E-state index >= 15 is 0 Å². The maximum Gasteiger partial charge on any atom is 0.374 e. The first-order chi connectivity index (χ1) is 14.9. The number of ether oxygens (including phenoxy) is 1. The summed E-state index contributed by atoms with van der Waals surface area (Å²) in [5, 5.41) is 0.834. The van der Waals surface area contributed by atoms with Crippen molar-refractivity contribution >= 4 is 27.0 Å². The van der Waals surface area contributed by atoms with Crippen LogP contribution in [0.15, 0.2) is 57.8 Å². The lowest BCUT2D eigenvalue weighted by Crippen LogP contribution is -2.48. The topological polar surface area (TPSA) is 80.1 Å². The van der Waals surface area contributed by atoms with Crippen LogP contribution in [0.1, 0.15) is 23.0 Å². The molecule has 0 bridgehead atoms. The predicted molar refractivity (Wildman–Crippen MR) is 113 cm³/mol. The van der Waals surface area contributed by atoms with Crippen molar-refractivity contribution in [1.82, 2.24) is 9.21 Å². The number of benzene rings is 2. The van der Waals surface area contributed by atoms with Gasteiger partial charge in [0.2, 0.25) is 15.8 Å². The Bertz CT molecular complexity index is 1200. The molecule has 9 heteroatoms. The number of rotatable bonds is 6. The van der Waals surface area contributed by atoms with Crippen LogP contribution in [0.5, 0.6) is 0 Å². The Morgan fingerprint density at radius 2 is 1.84 bits per heavy atom. The molecule has 2 aromatic carbocycles. The molecule has 0 saturated carbocycles. The third kappa shape index (κ3) is 4.34. The fraction of sp³-hybridized carbons (Fsp3) is 0.318. The summed E-state index contributed by atoms with van der Waals surface area (Å²) in [5.41, 5.74) is 1.34. The molecule has 3 aromatic rings. The molecule has 164 valence electrons. The first-order valence-electron chi connectivity index (χ1n) is 10.1. The predicted octanol–water partition coefficient (Wildman–Crippen LogP) is 3.26. The number of nitrogens with zero attached hydrogens (tertiary/aromatic N) is 2. The van der Waals surface area contributed by atoms with Gasteiger partial charge >= 0.3 is 5.97 Å². The Balaban J connectivity index is 1.51. The average molecular weight is 447 g/mol. The quantitative estimate of drug-likeness (QED) is 0.541. The summed E-state index contributed by atoms with van der Waals surface area (Å²) in [5.74, 6) is -0.920. The van der Waals surface area contributed by atoms with Crippen molar-refractivity contribution < 1.29 is 26.8 Å². The van der Waals surface area contributed by atoms with Crippen molar-refractivity contribution in [2.24, 2.45) is 0 Å². The number of para-hydroxylation sites is 1. The number of hydrogen-bond donors (Lipinski definition) is 0. The van der Waals surface area contributed by atoms with Gasteiger partial charge in [0.1, 0.15) is 11.4 Å². The Labute approximate surface area is 180 Å². The van der Waals surface area contributed by atoms with Gasteiger partial charge < -0.3 is 9.15 Å². The molecule has 4 rings (SSSR count). The highest BCUT2D eigenvalue weighted by molar-refractivity contribution is 7.89. The van der Waals surface area contributed by atoms with Gasteiger partial charge in [-0.3, -0.25) is 4.90 Å². The number of esters is 1. The van der Waals surface area contributed by atoms with Crippen molar-refractivity contribution in [1.29, 1.82) is 0 Å². The minimum atomic E-state index is -3.76. The van der Waals surface area contributed by atoms with Crippen molar-refractivity contribution in [2.45, 2.75) is 18.4 Å². The molecule has 0 spiro atoms. The van der Waals surface area contributed by atoms with Gasteiger partial charge in [0, 0.05) is 43.7 Å². The highest BCUT2D eigenvalue weighted by Crippen LogP contribution is 2.28. The van der Waals surface area contributed by atoms with Crippen LogP contribution >= 0.6 is 0 Å². The summed E-state index contributed by atoms with van der Waals surface area (Å²) in [6, 6.07) is 12.4. The van der Waals surface area contributed by atoms with E-state index in [2.05, 4.69) is 4.90 Å². The van der Waals surface area contributed by atoms with Gasteiger partial charge in [-0.2, -0.15) is 4.31 Å². The first kappa shape index (κ1) is 21.5. The van der Waals surface area contributed by atoms with Crippen LogP contribution in [-0.2, 0) is 21.3 Å². The Hall–Kier alpha value is -2.75. The van der Waals surface area contributed by atoms with Crippen LogP contribution in [0, 0.1) is 5.82 Å². The zero-order valence-electron chi connectivity index (χ0n) is 17.1. The number of sulfonamides is 1. The maximum absolute atomic E-state index is 13.5. The van der Waals surface area contributed by atoms with Gasteiger partial charge in [-0.1, -0.05) is 24.3 Å². The Kier molecular flexibility index (Phi) is 6.08. The van der Waals surface area contributed by atoms with Crippen molar-refractivity contribution in [3.8, 4) is 0 Å². The number of fused-ring (bicyclic) bond motifs is 1. The summed E-state index contributed by atoms with van der Waals surface area (Å²) in [4.78, 5) is 14.4. The SMILES string of the molecule is CCOC(=O)c1oc2ccccc2c1CN1CCN(S(=O)(=O)c2cccc(F)c2)CC1. The van der Waals surface area contributed by atoms with E-state index in [9.17, 15) is 17.6 Å². The highest BCUT2D eigenvalue weighted by atomic mass is 32.2. The fourth-order valence-corrected chi connectivity index (χ4v) is 5.20. The lowest BCUT2D eigenvalue weighted by molar-refractivity contribution is 0.0488. The molecule has 0 N–H and O–H groups in total. The average Bonchev–Trinajstić information content (AvgIpc) is 3.13. The lowest BCUT2D eigenvalue weighted by atomic mass is 10.1. The van der Waals surface area contributed by atoms with E-state index < -0.39 is 21.8 Å². The molecule has 1 saturated heterocycles. The molecule has 1 fully saturated rings. The van der Waals surface area contributed by atoms with Crippen LogP contribution in [-0.4, -0.2) is 56.4 Å². The second-order valence-electron chi connectivity index (χ2n) is 7.26. The maximum atomic E-state index is 13.5. The molecule has 1 aromatic heterocycles. The van der Waals surface area contributed by atoms with Crippen molar-refractivity contribution in [3.05, 3.63) is 65.7 Å². The molecule has 7 nitrogen and oxygen atoms in total. The Morgan fingerprint density at radius 3 is 2.55 bits per heavy atom. The minimum Gasteiger partial charge on any atom is -0.460 e.